The van der Waals surface area contributed by atoms with Crippen LogP contribution in [0.3, 0.4) is 0 Å². The first-order chi connectivity index (χ1) is 13.0. The lowest BCUT2D eigenvalue weighted by Crippen LogP contribution is -2.18. The minimum Gasteiger partial charge on any atom is -0.308 e. The number of fused-ring (bicyclic) bond motifs is 2. The fraction of sp³-hybridized carbons (Fsp3) is 0.143. The number of amides is 1. The zero-order valence-electron chi connectivity index (χ0n) is 15.0. The summed E-state index contributed by atoms with van der Waals surface area (Å²) >= 11 is 6.19. The van der Waals surface area contributed by atoms with Crippen LogP contribution in [0, 0.1) is 13.8 Å². The smallest absolute Gasteiger partial charge is 0.230 e. The minimum atomic E-state index is -0.204. The van der Waals surface area contributed by atoms with Crippen molar-refractivity contribution in [3.05, 3.63) is 70.5 Å². The highest BCUT2D eigenvalue weighted by molar-refractivity contribution is 6.32. The van der Waals surface area contributed by atoms with Crippen LogP contribution in [0.2, 0.25) is 5.15 Å². The molecule has 0 fully saturated rings. The number of aromatic nitrogens is 3. The second-order valence-corrected chi connectivity index (χ2v) is 6.75. The molecule has 4 rings (SSSR count). The molecule has 0 aliphatic heterocycles. The van der Waals surface area contributed by atoms with Crippen molar-refractivity contribution in [3.63, 3.8) is 0 Å². The fourth-order valence-electron chi connectivity index (χ4n) is 3.23. The van der Waals surface area contributed by atoms with E-state index in [1.54, 1.807) is 0 Å². The van der Waals surface area contributed by atoms with Gasteiger partial charge in [0, 0.05) is 11.1 Å². The van der Waals surface area contributed by atoms with Crippen molar-refractivity contribution in [3.8, 4) is 0 Å². The van der Waals surface area contributed by atoms with E-state index in [2.05, 4.69) is 20.3 Å². The third-order valence-electron chi connectivity index (χ3n) is 4.61. The molecule has 134 valence electrons. The van der Waals surface area contributed by atoms with E-state index in [1.807, 2.05) is 62.4 Å². The number of anilines is 1. The zero-order chi connectivity index (χ0) is 19.0. The number of carbonyl (C=O) groups is 1. The first kappa shape index (κ1) is 17.4. The van der Waals surface area contributed by atoms with Crippen LogP contribution < -0.4 is 5.32 Å². The lowest BCUT2D eigenvalue weighted by molar-refractivity contribution is -0.115. The summed E-state index contributed by atoms with van der Waals surface area (Å²) in [4.78, 5) is 26.0. The zero-order valence-corrected chi connectivity index (χ0v) is 15.7. The van der Waals surface area contributed by atoms with Gasteiger partial charge in [-0.25, -0.2) is 9.97 Å². The van der Waals surface area contributed by atoms with Gasteiger partial charge in [0.15, 0.2) is 11.0 Å². The molecule has 2 aromatic carbocycles. The maximum atomic E-state index is 12.6. The van der Waals surface area contributed by atoms with Crippen molar-refractivity contribution in [2.24, 2.45) is 0 Å². The number of aryl methyl sites for hydroxylation is 2. The van der Waals surface area contributed by atoms with Crippen LogP contribution in [0.25, 0.3) is 21.9 Å². The fourth-order valence-corrected chi connectivity index (χ4v) is 3.41. The Kier molecular flexibility index (Phi) is 4.46. The van der Waals surface area contributed by atoms with E-state index in [4.69, 9.17) is 11.6 Å². The lowest BCUT2D eigenvalue weighted by atomic mass is 9.99. The minimum absolute atomic E-state index is 0.173. The highest BCUT2D eigenvalue weighted by atomic mass is 35.5. The third kappa shape index (κ3) is 3.34. The molecule has 0 unspecified atom stereocenters. The second-order valence-electron chi connectivity index (χ2n) is 6.39. The van der Waals surface area contributed by atoms with E-state index < -0.39 is 0 Å². The van der Waals surface area contributed by atoms with Gasteiger partial charge in [0.05, 0.1) is 23.0 Å². The van der Waals surface area contributed by atoms with Gasteiger partial charge in [0.1, 0.15) is 0 Å². The van der Waals surface area contributed by atoms with Gasteiger partial charge in [-0.05, 0) is 43.2 Å². The van der Waals surface area contributed by atoms with E-state index in [9.17, 15) is 4.79 Å². The average Bonchev–Trinajstić information content (AvgIpc) is 2.66. The molecule has 2 aromatic heterocycles. The maximum absolute atomic E-state index is 12.6. The standard InChI is InChI=1S/C21H17ClN4O/c1-12-14-7-3-4-8-16(14)23-13(2)15(12)11-19(27)26-21-20(22)24-17-9-5-6-10-18(17)25-21/h3-10H,11H2,1-2H3,(H,25,26,27). The monoisotopic (exact) mass is 376 g/mol. The quantitative estimate of drug-likeness (QED) is 0.566. The average molecular weight is 377 g/mol. The highest BCUT2D eigenvalue weighted by Crippen LogP contribution is 2.24. The SMILES string of the molecule is Cc1nc2ccccc2c(C)c1CC(=O)Nc1nc2ccccc2nc1Cl. The Balaban J connectivity index is 1.64. The van der Waals surface area contributed by atoms with E-state index in [0.29, 0.717) is 11.0 Å². The molecule has 4 aromatic rings. The van der Waals surface area contributed by atoms with E-state index in [-0.39, 0.29) is 23.3 Å². The van der Waals surface area contributed by atoms with Crippen molar-refractivity contribution in [1.82, 2.24) is 15.0 Å². The van der Waals surface area contributed by atoms with Gasteiger partial charge in [-0.15, -0.1) is 0 Å². The molecule has 0 spiro atoms. The Morgan fingerprint density at radius 2 is 1.56 bits per heavy atom. The largest absolute Gasteiger partial charge is 0.308 e. The predicted octanol–water partition coefficient (Wildman–Crippen LogP) is 4.63. The molecule has 1 amide bonds. The van der Waals surface area contributed by atoms with Crippen LogP contribution in [0.1, 0.15) is 16.8 Å². The number of rotatable bonds is 3. The molecule has 0 radical (unpaired) electrons. The van der Waals surface area contributed by atoms with Crippen LogP contribution >= 0.6 is 11.6 Å². The van der Waals surface area contributed by atoms with E-state index in [1.165, 1.54) is 0 Å². The van der Waals surface area contributed by atoms with E-state index >= 15 is 0 Å². The first-order valence-corrected chi connectivity index (χ1v) is 8.97. The molecule has 2 heterocycles. The molecular formula is C21H17ClN4O. The number of hydrogen-bond acceptors (Lipinski definition) is 4. The summed E-state index contributed by atoms with van der Waals surface area (Å²) in [6.45, 7) is 3.94. The molecule has 0 atom stereocenters. The van der Waals surface area contributed by atoms with Crippen LogP contribution in [0.15, 0.2) is 48.5 Å². The Morgan fingerprint density at radius 3 is 2.30 bits per heavy atom. The Bertz CT molecular complexity index is 1190. The Hall–Kier alpha value is -3.05. The number of halogens is 1. The molecule has 0 aliphatic carbocycles. The van der Waals surface area contributed by atoms with Gasteiger partial charge in [-0.3, -0.25) is 9.78 Å². The molecule has 0 saturated heterocycles. The Labute approximate surface area is 161 Å². The number of pyridine rings is 1. The number of nitrogens with zero attached hydrogens (tertiary/aromatic N) is 3. The molecule has 0 aliphatic rings. The van der Waals surface area contributed by atoms with Crippen molar-refractivity contribution >= 4 is 45.3 Å². The summed E-state index contributed by atoms with van der Waals surface area (Å²) in [6, 6.07) is 15.3. The summed E-state index contributed by atoms with van der Waals surface area (Å²) in [6.07, 6.45) is 0.195. The van der Waals surface area contributed by atoms with Crippen molar-refractivity contribution in [1.29, 1.82) is 0 Å². The van der Waals surface area contributed by atoms with Crippen molar-refractivity contribution in [2.75, 3.05) is 5.32 Å². The maximum Gasteiger partial charge on any atom is 0.230 e. The summed E-state index contributed by atoms with van der Waals surface area (Å²) in [5.41, 5.74) is 5.11. The second kappa shape index (κ2) is 6.93. The topological polar surface area (TPSA) is 67.8 Å². The summed E-state index contributed by atoms with van der Waals surface area (Å²) in [7, 11) is 0. The molecule has 0 saturated carbocycles. The summed E-state index contributed by atoms with van der Waals surface area (Å²) < 4.78 is 0. The van der Waals surface area contributed by atoms with Gasteiger partial charge >= 0.3 is 0 Å². The molecule has 0 bridgehead atoms. The number of nitrogens with one attached hydrogen (secondary N) is 1. The summed E-state index contributed by atoms with van der Waals surface area (Å²) in [5, 5.41) is 4.00. The van der Waals surface area contributed by atoms with Gasteiger partial charge in [-0.1, -0.05) is 41.9 Å². The van der Waals surface area contributed by atoms with E-state index in [0.717, 1.165) is 27.7 Å². The molecule has 5 nitrogen and oxygen atoms in total. The van der Waals surface area contributed by atoms with Gasteiger partial charge in [0.2, 0.25) is 5.91 Å². The number of benzene rings is 2. The Morgan fingerprint density at radius 1 is 0.926 bits per heavy atom. The normalized spacial score (nSPS) is 11.1. The molecule has 6 heteroatoms. The van der Waals surface area contributed by atoms with Crippen molar-refractivity contribution < 1.29 is 4.79 Å². The van der Waals surface area contributed by atoms with Gasteiger partial charge < -0.3 is 5.32 Å². The molecular weight excluding hydrogens is 360 g/mol. The van der Waals surface area contributed by atoms with Crippen LogP contribution in [-0.4, -0.2) is 20.9 Å². The van der Waals surface area contributed by atoms with Crippen LogP contribution in [0.4, 0.5) is 5.82 Å². The number of para-hydroxylation sites is 3. The van der Waals surface area contributed by atoms with Gasteiger partial charge in [-0.2, -0.15) is 0 Å². The van der Waals surface area contributed by atoms with Crippen molar-refractivity contribution in [2.45, 2.75) is 20.3 Å². The number of hydrogen-bond donors (Lipinski definition) is 1. The first-order valence-electron chi connectivity index (χ1n) is 8.60. The molecule has 1 N–H and O–H groups in total. The van der Waals surface area contributed by atoms with Crippen LogP contribution in [-0.2, 0) is 11.2 Å². The lowest BCUT2D eigenvalue weighted by Gasteiger charge is -2.13. The van der Waals surface area contributed by atoms with Crippen LogP contribution in [0.5, 0.6) is 0 Å². The predicted molar refractivity (Wildman–Crippen MR) is 108 cm³/mol. The number of carbonyl (C=O) groups excluding carboxylic acids is 1. The third-order valence-corrected chi connectivity index (χ3v) is 4.87. The molecule has 27 heavy (non-hydrogen) atoms. The summed E-state index contributed by atoms with van der Waals surface area (Å²) in [5.74, 6) is 0.0641. The van der Waals surface area contributed by atoms with Gasteiger partial charge in [0.25, 0.3) is 0 Å². The highest BCUT2D eigenvalue weighted by Gasteiger charge is 2.15.